The van der Waals surface area contributed by atoms with Gasteiger partial charge < -0.3 is 5.32 Å². The molecule has 1 atom stereocenters. The summed E-state index contributed by atoms with van der Waals surface area (Å²) in [5.41, 5.74) is 1.12. The second-order valence-corrected chi connectivity index (χ2v) is 8.50. The maximum Gasteiger partial charge on any atom is 0.214 e. The van der Waals surface area contributed by atoms with Crippen molar-refractivity contribution in [3.8, 4) is 0 Å². The van der Waals surface area contributed by atoms with E-state index in [1.807, 2.05) is 16.9 Å². The van der Waals surface area contributed by atoms with E-state index in [0.29, 0.717) is 0 Å². The first-order valence-corrected chi connectivity index (χ1v) is 9.08. The maximum absolute atomic E-state index is 4.67. The van der Waals surface area contributed by atoms with Crippen LogP contribution in [-0.2, 0) is 11.8 Å². The first kappa shape index (κ1) is 15.4. The van der Waals surface area contributed by atoms with Crippen molar-refractivity contribution in [2.75, 3.05) is 5.32 Å². The normalized spacial score (nSPS) is 13.7. The third kappa shape index (κ3) is 3.01. The van der Waals surface area contributed by atoms with Gasteiger partial charge in [0.25, 0.3) is 0 Å². The Morgan fingerprint density at radius 2 is 2.09 bits per heavy atom. The molecule has 3 rings (SSSR count). The molecule has 1 unspecified atom stereocenters. The van der Waals surface area contributed by atoms with Crippen molar-refractivity contribution in [1.82, 2.24) is 19.6 Å². The minimum absolute atomic E-state index is 0.0474. The Kier molecular flexibility index (Phi) is 3.94. The van der Waals surface area contributed by atoms with Gasteiger partial charge in [0, 0.05) is 16.5 Å². The number of thiazole rings is 1. The number of nitrogens with one attached hydrogen (secondary N) is 1. The number of nitrogens with zero attached hydrogens (tertiary/aromatic N) is 4. The van der Waals surface area contributed by atoms with E-state index in [-0.39, 0.29) is 11.5 Å². The van der Waals surface area contributed by atoms with Crippen LogP contribution in [-0.4, -0.2) is 19.6 Å². The summed E-state index contributed by atoms with van der Waals surface area (Å²) in [6, 6.07) is 0.156. The van der Waals surface area contributed by atoms with Crippen LogP contribution >= 0.6 is 22.7 Å². The first-order chi connectivity index (χ1) is 10.4. The summed E-state index contributed by atoms with van der Waals surface area (Å²) in [5, 5.41) is 9.98. The Labute approximate surface area is 138 Å². The van der Waals surface area contributed by atoms with Gasteiger partial charge in [0.2, 0.25) is 10.1 Å². The molecular weight excluding hydrogens is 314 g/mol. The van der Waals surface area contributed by atoms with Gasteiger partial charge in [-0.15, -0.1) is 16.4 Å². The van der Waals surface area contributed by atoms with Crippen molar-refractivity contribution in [2.45, 2.75) is 52.5 Å². The summed E-state index contributed by atoms with van der Waals surface area (Å²) in [4.78, 5) is 11.4. The van der Waals surface area contributed by atoms with Crippen LogP contribution in [0.5, 0.6) is 0 Å². The predicted octanol–water partition coefficient (Wildman–Crippen LogP) is 4.28. The van der Waals surface area contributed by atoms with Crippen LogP contribution in [0.25, 0.3) is 4.96 Å². The highest BCUT2D eigenvalue weighted by atomic mass is 32.1. The SMILES string of the molecule is CCc1cnc(C(C)Nc2nn3cc(C(C)(C)C)nc3s2)s1. The van der Waals surface area contributed by atoms with Gasteiger partial charge in [-0.2, -0.15) is 0 Å². The lowest BCUT2D eigenvalue weighted by atomic mass is 9.93. The lowest BCUT2D eigenvalue weighted by molar-refractivity contribution is 0.572. The van der Waals surface area contributed by atoms with Crippen LogP contribution in [0.15, 0.2) is 12.4 Å². The number of aromatic nitrogens is 4. The molecule has 7 heteroatoms. The van der Waals surface area contributed by atoms with Crippen molar-refractivity contribution in [1.29, 1.82) is 0 Å². The van der Waals surface area contributed by atoms with Crippen molar-refractivity contribution in [3.63, 3.8) is 0 Å². The molecule has 0 aliphatic heterocycles. The maximum atomic E-state index is 4.67. The van der Waals surface area contributed by atoms with Crippen LogP contribution in [0.4, 0.5) is 5.13 Å². The second-order valence-electron chi connectivity index (χ2n) is 6.39. The molecule has 0 aromatic carbocycles. The average molecular weight is 336 g/mol. The average Bonchev–Trinajstić information content (AvgIpc) is 3.10. The minimum Gasteiger partial charge on any atom is -0.351 e. The Morgan fingerprint density at radius 3 is 2.68 bits per heavy atom. The zero-order valence-electron chi connectivity index (χ0n) is 13.5. The molecule has 5 nitrogen and oxygen atoms in total. The van der Waals surface area contributed by atoms with Crippen molar-refractivity contribution in [3.05, 3.63) is 28.0 Å². The fourth-order valence-electron chi connectivity index (χ4n) is 2.05. The zero-order chi connectivity index (χ0) is 15.9. The largest absolute Gasteiger partial charge is 0.351 e. The summed E-state index contributed by atoms with van der Waals surface area (Å²) < 4.78 is 1.86. The molecule has 0 fully saturated rings. The summed E-state index contributed by atoms with van der Waals surface area (Å²) in [6.07, 6.45) is 5.01. The van der Waals surface area contributed by atoms with E-state index in [4.69, 9.17) is 0 Å². The molecule has 0 bridgehead atoms. The third-order valence-corrected chi connectivity index (χ3v) is 5.62. The fourth-order valence-corrected chi connectivity index (χ4v) is 3.78. The van der Waals surface area contributed by atoms with E-state index in [2.05, 4.69) is 55.0 Å². The molecule has 0 spiro atoms. The van der Waals surface area contributed by atoms with Crippen LogP contribution in [0, 0.1) is 0 Å². The van der Waals surface area contributed by atoms with E-state index in [1.165, 1.54) is 4.88 Å². The molecule has 3 aromatic rings. The second kappa shape index (κ2) is 5.62. The van der Waals surface area contributed by atoms with Crippen LogP contribution in [0.1, 0.15) is 56.2 Å². The summed E-state index contributed by atoms with van der Waals surface area (Å²) >= 11 is 3.33. The van der Waals surface area contributed by atoms with Crippen molar-refractivity contribution >= 4 is 32.8 Å². The Balaban J connectivity index is 1.77. The monoisotopic (exact) mass is 335 g/mol. The van der Waals surface area contributed by atoms with Crippen LogP contribution in [0.3, 0.4) is 0 Å². The number of fused-ring (bicyclic) bond motifs is 1. The van der Waals surface area contributed by atoms with E-state index < -0.39 is 0 Å². The highest BCUT2D eigenvalue weighted by Gasteiger charge is 2.20. The van der Waals surface area contributed by atoms with Gasteiger partial charge in [0.05, 0.1) is 17.9 Å². The van der Waals surface area contributed by atoms with Crippen molar-refractivity contribution < 1.29 is 0 Å². The predicted molar refractivity (Wildman–Crippen MR) is 93.1 cm³/mol. The number of hydrogen-bond acceptors (Lipinski definition) is 6. The molecule has 3 aromatic heterocycles. The van der Waals surface area contributed by atoms with Gasteiger partial charge in [-0.1, -0.05) is 39.0 Å². The Bertz CT molecular complexity index is 746. The van der Waals surface area contributed by atoms with Gasteiger partial charge in [0.1, 0.15) is 5.01 Å². The van der Waals surface area contributed by atoms with Gasteiger partial charge >= 0.3 is 0 Å². The standard InChI is InChI=1S/C15H21N5S2/c1-6-10-7-16-12(21-10)9(2)17-13-19-20-8-11(15(3,4)5)18-14(20)22-13/h7-9H,6H2,1-5H3,(H,17,19). The highest BCUT2D eigenvalue weighted by Crippen LogP contribution is 2.28. The zero-order valence-corrected chi connectivity index (χ0v) is 15.2. The smallest absolute Gasteiger partial charge is 0.214 e. The molecule has 0 saturated heterocycles. The summed E-state index contributed by atoms with van der Waals surface area (Å²) in [7, 11) is 0. The van der Waals surface area contributed by atoms with Gasteiger partial charge in [-0.25, -0.2) is 14.5 Å². The molecule has 0 aliphatic rings. The van der Waals surface area contributed by atoms with E-state index in [0.717, 1.165) is 27.2 Å². The summed E-state index contributed by atoms with van der Waals surface area (Å²) in [6.45, 7) is 10.7. The third-order valence-electron chi connectivity index (χ3n) is 3.44. The minimum atomic E-state index is 0.0474. The van der Waals surface area contributed by atoms with Gasteiger partial charge in [0.15, 0.2) is 0 Å². The molecular formula is C15H21N5S2. The quantitative estimate of drug-likeness (QED) is 0.773. The number of imidazole rings is 1. The lowest BCUT2D eigenvalue weighted by Crippen LogP contribution is -2.11. The molecule has 3 heterocycles. The molecule has 22 heavy (non-hydrogen) atoms. The van der Waals surface area contributed by atoms with Gasteiger partial charge in [-0.3, -0.25) is 0 Å². The Morgan fingerprint density at radius 1 is 1.32 bits per heavy atom. The van der Waals surface area contributed by atoms with E-state index >= 15 is 0 Å². The number of aryl methyl sites for hydroxylation is 1. The number of hydrogen-bond donors (Lipinski definition) is 1. The molecule has 1 N–H and O–H groups in total. The Hall–Kier alpha value is -1.47. The number of anilines is 1. The number of rotatable bonds is 4. The van der Waals surface area contributed by atoms with Crippen LogP contribution < -0.4 is 5.32 Å². The molecule has 0 saturated carbocycles. The van der Waals surface area contributed by atoms with Gasteiger partial charge in [-0.05, 0) is 13.3 Å². The van der Waals surface area contributed by atoms with E-state index in [9.17, 15) is 0 Å². The highest BCUT2D eigenvalue weighted by molar-refractivity contribution is 7.20. The van der Waals surface area contributed by atoms with Crippen LogP contribution in [0.2, 0.25) is 0 Å². The lowest BCUT2D eigenvalue weighted by Gasteiger charge is -2.13. The first-order valence-electron chi connectivity index (χ1n) is 7.44. The van der Waals surface area contributed by atoms with Crippen molar-refractivity contribution in [2.24, 2.45) is 0 Å². The van der Waals surface area contributed by atoms with E-state index in [1.54, 1.807) is 22.7 Å². The molecule has 0 radical (unpaired) electrons. The molecule has 0 amide bonds. The fraction of sp³-hybridized carbons (Fsp3) is 0.533. The summed E-state index contributed by atoms with van der Waals surface area (Å²) in [5.74, 6) is 0. The molecule has 0 aliphatic carbocycles. The molecule has 118 valence electrons. The topological polar surface area (TPSA) is 55.1 Å².